The van der Waals surface area contributed by atoms with E-state index < -0.39 is 0 Å². The fraction of sp³-hybridized carbons (Fsp3) is 0.0909. The lowest BCUT2D eigenvalue weighted by molar-refractivity contribution is 0.567. The minimum Gasteiger partial charge on any atom is -0.440 e. The molecule has 0 saturated carbocycles. The summed E-state index contributed by atoms with van der Waals surface area (Å²) in [6, 6.07) is 5.50. The molecule has 0 aliphatic rings. The van der Waals surface area contributed by atoms with E-state index in [1.807, 2.05) is 25.1 Å². The fourth-order valence-electron chi connectivity index (χ4n) is 1.62. The first-order valence-corrected chi connectivity index (χ1v) is 5.17. The van der Waals surface area contributed by atoms with Crippen LogP contribution in [0, 0.1) is 6.92 Å². The molecule has 0 bridgehead atoms. The van der Waals surface area contributed by atoms with Crippen LogP contribution in [-0.4, -0.2) is 15.0 Å². The lowest BCUT2D eigenvalue weighted by Crippen LogP contribution is -1.80. The van der Waals surface area contributed by atoms with Gasteiger partial charge in [-0.2, -0.15) is 0 Å². The van der Waals surface area contributed by atoms with E-state index in [1.165, 1.54) is 6.39 Å². The third-order valence-electron chi connectivity index (χ3n) is 2.40. The lowest BCUT2D eigenvalue weighted by Gasteiger charge is -1.89. The van der Waals surface area contributed by atoms with Crippen LogP contribution in [0.2, 0.25) is 5.02 Å². The maximum Gasteiger partial charge on any atom is 0.192 e. The number of aromatic amines is 1. The number of fused-ring (bicyclic) bond motifs is 1. The Balaban J connectivity index is 2.23. The number of H-pyrrole nitrogens is 1. The van der Waals surface area contributed by atoms with Gasteiger partial charge in [0, 0.05) is 5.02 Å². The van der Waals surface area contributed by atoms with Crippen molar-refractivity contribution in [1.82, 2.24) is 15.0 Å². The summed E-state index contributed by atoms with van der Waals surface area (Å²) in [5.41, 5.74) is 2.55. The number of hydrogen-bond donors (Lipinski definition) is 1. The van der Waals surface area contributed by atoms with Crippen molar-refractivity contribution < 1.29 is 4.42 Å². The van der Waals surface area contributed by atoms with E-state index in [2.05, 4.69) is 15.0 Å². The highest BCUT2D eigenvalue weighted by molar-refractivity contribution is 6.31. The van der Waals surface area contributed by atoms with Crippen LogP contribution in [0.3, 0.4) is 0 Å². The molecular weight excluding hydrogens is 226 g/mol. The van der Waals surface area contributed by atoms with Crippen LogP contribution >= 0.6 is 11.6 Å². The topological polar surface area (TPSA) is 54.7 Å². The second-order valence-electron chi connectivity index (χ2n) is 3.51. The molecule has 0 spiro atoms. The quantitative estimate of drug-likeness (QED) is 0.702. The van der Waals surface area contributed by atoms with E-state index in [4.69, 9.17) is 16.0 Å². The molecule has 0 atom stereocenters. The van der Waals surface area contributed by atoms with Gasteiger partial charge in [0.25, 0.3) is 0 Å². The molecule has 4 nitrogen and oxygen atoms in total. The molecule has 0 saturated heterocycles. The summed E-state index contributed by atoms with van der Waals surface area (Å²) in [6.07, 6.45) is 1.41. The summed E-state index contributed by atoms with van der Waals surface area (Å²) in [5.74, 6) is 1.33. The Bertz CT molecular complexity index is 656. The average molecular weight is 234 g/mol. The summed E-state index contributed by atoms with van der Waals surface area (Å²) >= 11 is 5.90. The standard InChI is InChI=1S/C11H8ClN3O/c1-6-10(16-5-13-6)11-14-8-3-2-7(12)4-9(8)15-11/h2-5H,1H3,(H,14,15). The molecule has 0 aliphatic heterocycles. The normalized spacial score (nSPS) is 11.1. The minimum absolute atomic E-state index is 0.660. The third kappa shape index (κ3) is 1.39. The molecule has 1 aromatic carbocycles. The first-order chi connectivity index (χ1) is 7.74. The molecule has 2 aromatic heterocycles. The highest BCUT2D eigenvalue weighted by atomic mass is 35.5. The van der Waals surface area contributed by atoms with Gasteiger partial charge in [-0.05, 0) is 25.1 Å². The van der Waals surface area contributed by atoms with Gasteiger partial charge in [-0.15, -0.1) is 0 Å². The summed E-state index contributed by atoms with van der Waals surface area (Å²) < 4.78 is 5.27. The molecule has 3 rings (SSSR count). The number of oxazole rings is 1. The van der Waals surface area contributed by atoms with E-state index >= 15 is 0 Å². The van der Waals surface area contributed by atoms with Gasteiger partial charge in [0.1, 0.15) is 0 Å². The predicted molar refractivity (Wildman–Crippen MR) is 61.3 cm³/mol. The maximum absolute atomic E-state index is 5.90. The highest BCUT2D eigenvalue weighted by Crippen LogP contribution is 2.24. The average Bonchev–Trinajstić information content (AvgIpc) is 2.82. The maximum atomic E-state index is 5.90. The molecular formula is C11H8ClN3O. The molecule has 1 N–H and O–H groups in total. The van der Waals surface area contributed by atoms with Crippen LogP contribution < -0.4 is 0 Å². The van der Waals surface area contributed by atoms with Crippen molar-refractivity contribution in [2.45, 2.75) is 6.92 Å². The molecule has 0 fully saturated rings. The van der Waals surface area contributed by atoms with E-state index in [1.54, 1.807) is 0 Å². The van der Waals surface area contributed by atoms with Gasteiger partial charge in [-0.3, -0.25) is 0 Å². The smallest absolute Gasteiger partial charge is 0.192 e. The third-order valence-corrected chi connectivity index (χ3v) is 2.64. The summed E-state index contributed by atoms with van der Waals surface area (Å²) in [4.78, 5) is 11.6. The Morgan fingerprint density at radius 1 is 1.38 bits per heavy atom. The van der Waals surface area contributed by atoms with Gasteiger partial charge < -0.3 is 9.40 Å². The molecule has 2 heterocycles. The number of aromatic nitrogens is 3. The second kappa shape index (κ2) is 3.35. The summed E-state index contributed by atoms with van der Waals surface area (Å²) in [5, 5.41) is 0.678. The van der Waals surface area contributed by atoms with Gasteiger partial charge in [-0.1, -0.05) is 11.6 Å². The van der Waals surface area contributed by atoms with Crippen molar-refractivity contribution in [2.24, 2.45) is 0 Å². The first-order valence-electron chi connectivity index (χ1n) is 4.80. The van der Waals surface area contributed by atoms with Gasteiger partial charge in [0.15, 0.2) is 18.0 Å². The van der Waals surface area contributed by atoms with Crippen molar-refractivity contribution in [3.63, 3.8) is 0 Å². The van der Waals surface area contributed by atoms with Gasteiger partial charge in [-0.25, -0.2) is 9.97 Å². The highest BCUT2D eigenvalue weighted by Gasteiger charge is 2.11. The molecule has 80 valence electrons. The molecule has 0 radical (unpaired) electrons. The van der Waals surface area contributed by atoms with E-state index in [9.17, 15) is 0 Å². The van der Waals surface area contributed by atoms with E-state index in [0.29, 0.717) is 16.6 Å². The Labute approximate surface area is 96.3 Å². The van der Waals surface area contributed by atoms with Crippen molar-refractivity contribution in [3.05, 3.63) is 35.3 Å². The van der Waals surface area contributed by atoms with Crippen molar-refractivity contribution >= 4 is 22.6 Å². The Hall–Kier alpha value is -1.81. The van der Waals surface area contributed by atoms with Crippen LogP contribution in [0.15, 0.2) is 29.0 Å². The summed E-state index contributed by atoms with van der Waals surface area (Å²) in [7, 11) is 0. The zero-order chi connectivity index (χ0) is 11.1. The largest absolute Gasteiger partial charge is 0.440 e. The number of benzene rings is 1. The SMILES string of the molecule is Cc1ncoc1-c1nc2ccc(Cl)cc2[nH]1. The zero-order valence-corrected chi connectivity index (χ0v) is 9.25. The van der Waals surface area contributed by atoms with Crippen molar-refractivity contribution in [2.75, 3.05) is 0 Å². The van der Waals surface area contributed by atoms with Crippen LogP contribution in [0.25, 0.3) is 22.6 Å². The van der Waals surface area contributed by atoms with Crippen LogP contribution in [0.1, 0.15) is 5.69 Å². The minimum atomic E-state index is 0.660. The lowest BCUT2D eigenvalue weighted by atomic mass is 10.3. The fourth-order valence-corrected chi connectivity index (χ4v) is 1.79. The molecule has 0 aliphatic carbocycles. The van der Waals surface area contributed by atoms with Gasteiger partial charge in [0.2, 0.25) is 0 Å². The number of aryl methyl sites for hydroxylation is 1. The molecule has 16 heavy (non-hydrogen) atoms. The van der Waals surface area contributed by atoms with Gasteiger partial charge >= 0.3 is 0 Å². The number of halogens is 1. The molecule has 0 unspecified atom stereocenters. The molecule has 0 amide bonds. The number of nitrogens with one attached hydrogen (secondary N) is 1. The van der Waals surface area contributed by atoms with Crippen LogP contribution in [-0.2, 0) is 0 Å². The second-order valence-corrected chi connectivity index (χ2v) is 3.95. The monoisotopic (exact) mass is 233 g/mol. The Morgan fingerprint density at radius 2 is 2.25 bits per heavy atom. The van der Waals surface area contributed by atoms with E-state index in [0.717, 1.165) is 16.7 Å². The van der Waals surface area contributed by atoms with Gasteiger partial charge in [0.05, 0.1) is 16.7 Å². The zero-order valence-electron chi connectivity index (χ0n) is 8.49. The number of imidazole rings is 1. The van der Waals surface area contributed by atoms with Crippen molar-refractivity contribution in [1.29, 1.82) is 0 Å². The Kier molecular flexibility index (Phi) is 1.97. The van der Waals surface area contributed by atoms with E-state index in [-0.39, 0.29) is 0 Å². The van der Waals surface area contributed by atoms with Crippen LogP contribution in [0.5, 0.6) is 0 Å². The van der Waals surface area contributed by atoms with Crippen molar-refractivity contribution in [3.8, 4) is 11.6 Å². The molecule has 3 aromatic rings. The van der Waals surface area contributed by atoms with Crippen LogP contribution in [0.4, 0.5) is 0 Å². The number of rotatable bonds is 1. The molecule has 5 heteroatoms. The Morgan fingerprint density at radius 3 is 3.00 bits per heavy atom. The summed E-state index contributed by atoms with van der Waals surface area (Å²) in [6.45, 7) is 1.87. The number of nitrogens with zero attached hydrogens (tertiary/aromatic N) is 2. The number of hydrogen-bond acceptors (Lipinski definition) is 3. The predicted octanol–water partition coefficient (Wildman–Crippen LogP) is 3.18. The first kappa shape index (κ1) is 9.42.